The number of nitrogens with zero attached hydrogens (tertiary/aromatic N) is 3. The minimum Gasteiger partial charge on any atom is -0.394 e. The molecule has 0 radical (unpaired) electrons. The van der Waals surface area contributed by atoms with Gasteiger partial charge in [-0.05, 0) is 50.5 Å². The molecule has 0 aliphatic carbocycles. The lowest BCUT2D eigenvalue weighted by molar-refractivity contribution is -0.114. The summed E-state index contributed by atoms with van der Waals surface area (Å²) in [4.78, 5) is 31.6. The third-order valence-electron chi connectivity index (χ3n) is 5.93. The number of halogens is 1. The highest BCUT2D eigenvalue weighted by molar-refractivity contribution is 6.05. The van der Waals surface area contributed by atoms with Crippen molar-refractivity contribution in [2.24, 2.45) is 0 Å². The minimum atomic E-state index is -0.394. The Bertz CT molecular complexity index is 1170. The molecule has 1 saturated heterocycles. The van der Waals surface area contributed by atoms with Crippen LogP contribution >= 0.6 is 0 Å². The van der Waals surface area contributed by atoms with Crippen LogP contribution in [0.3, 0.4) is 0 Å². The number of carbonyl (C=O) groups excluding carboxylic acids is 2. The fraction of sp³-hybridized carbons (Fsp3) is 0.375. The number of aromatic nitrogens is 2. The highest BCUT2D eigenvalue weighted by Crippen LogP contribution is 2.33. The Hall–Kier alpha value is -3.26. The van der Waals surface area contributed by atoms with Gasteiger partial charge in [-0.2, -0.15) is 0 Å². The van der Waals surface area contributed by atoms with Crippen LogP contribution in [0.15, 0.2) is 36.4 Å². The van der Waals surface area contributed by atoms with Crippen LogP contribution in [0, 0.1) is 5.82 Å². The number of aliphatic hydroxyl groups excluding tert-OH is 1. The van der Waals surface area contributed by atoms with Crippen LogP contribution in [0.5, 0.6) is 0 Å². The summed E-state index contributed by atoms with van der Waals surface area (Å²) in [7, 11) is 0. The lowest BCUT2D eigenvalue weighted by Crippen LogP contribution is -2.45. The predicted octanol–water partition coefficient (Wildman–Crippen LogP) is 3.81. The first-order valence-electron chi connectivity index (χ1n) is 10.9. The molecule has 168 valence electrons. The predicted molar refractivity (Wildman–Crippen MR) is 121 cm³/mol. The van der Waals surface area contributed by atoms with Gasteiger partial charge in [0.2, 0.25) is 5.91 Å². The van der Waals surface area contributed by atoms with E-state index in [1.807, 2.05) is 11.5 Å². The molecule has 1 aliphatic heterocycles. The van der Waals surface area contributed by atoms with E-state index in [0.717, 1.165) is 19.3 Å². The normalized spacial score (nSPS) is 16.4. The third-order valence-corrected chi connectivity index (χ3v) is 5.93. The second-order valence-corrected chi connectivity index (χ2v) is 8.06. The second kappa shape index (κ2) is 9.08. The number of benzene rings is 2. The van der Waals surface area contributed by atoms with Gasteiger partial charge in [-0.3, -0.25) is 9.59 Å². The number of rotatable bonds is 5. The van der Waals surface area contributed by atoms with E-state index in [0.29, 0.717) is 46.8 Å². The molecular formula is C24H27FN4O3. The maximum atomic E-state index is 14.6. The van der Waals surface area contributed by atoms with Crippen molar-refractivity contribution in [1.29, 1.82) is 0 Å². The largest absolute Gasteiger partial charge is 0.394 e. The van der Waals surface area contributed by atoms with Crippen LogP contribution in [0.2, 0.25) is 0 Å². The fourth-order valence-electron chi connectivity index (χ4n) is 4.46. The van der Waals surface area contributed by atoms with Gasteiger partial charge in [-0.15, -0.1) is 0 Å². The summed E-state index contributed by atoms with van der Waals surface area (Å²) in [5, 5.41) is 12.5. The molecule has 0 spiro atoms. The van der Waals surface area contributed by atoms with Crippen molar-refractivity contribution in [3.8, 4) is 11.4 Å². The number of hydrogen-bond donors (Lipinski definition) is 2. The number of nitrogens with one attached hydrogen (secondary N) is 1. The van der Waals surface area contributed by atoms with Crippen molar-refractivity contribution in [3.05, 3.63) is 47.8 Å². The molecule has 2 aromatic carbocycles. The van der Waals surface area contributed by atoms with E-state index in [2.05, 4.69) is 10.3 Å². The number of carbonyl (C=O) groups is 2. The Morgan fingerprint density at radius 1 is 1.25 bits per heavy atom. The van der Waals surface area contributed by atoms with Crippen molar-refractivity contribution in [1.82, 2.24) is 14.5 Å². The SMILES string of the molecule is CCn1c(-c2ccccc2F)nc2cc(C(=O)N3CCCC[C@H]3CO)cc(NC(C)=O)c21. The van der Waals surface area contributed by atoms with E-state index in [4.69, 9.17) is 0 Å². The summed E-state index contributed by atoms with van der Waals surface area (Å²) in [6.45, 7) is 4.30. The summed E-state index contributed by atoms with van der Waals surface area (Å²) >= 11 is 0. The molecule has 2 N–H and O–H groups in total. The van der Waals surface area contributed by atoms with E-state index >= 15 is 0 Å². The first-order valence-corrected chi connectivity index (χ1v) is 10.9. The lowest BCUT2D eigenvalue weighted by Gasteiger charge is -2.34. The Kier molecular flexibility index (Phi) is 6.23. The van der Waals surface area contributed by atoms with Gasteiger partial charge in [0.05, 0.1) is 34.9 Å². The van der Waals surface area contributed by atoms with Gasteiger partial charge in [0.25, 0.3) is 5.91 Å². The van der Waals surface area contributed by atoms with Gasteiger partial charge in [0.15, 0.2) is 0 Å². The molecule has 2 amide bonds. The standard InChI is InChI=1S/C24H27FN4O3/c1-3-28-22-20(26-15(2)31)12-16(24(32)29-11-7-6-8-17(29)14-30)13-21(22)27-23(28)18-9-4-5-10-19(18)25/h4-5,9-10,12-13,17,30H,3,6-8,11,14H2,1-2H3,(H,26,31)/t17-/m0/s1. The summed E-state index contributed by atoms with van der Waals surface area (Å²) in [5.74, 6) is -0.453. The van der Waals surface area contributed by atoms with Crippen molar-refractivity contribution in [2.45, 2.75) is 45.7 Å². The zero-order valence-corrected chi connectivity index (χ0v) is 18.3. The Labute approximate surface area is 185 Å². The number of aryl methyl sites for hydroxylation is 1. The monoisotopic (exact) mass is 438 g/mol. The topological polar surface area (TPSA) is 87.5 Å². The van der Waals surface area contributed by atoms with E-state index in [1.54, 1.807) is 35.2 Å². The number of likely N-dealkylation sites (tertiary alicyclic amines) is 1. The molecular weight excluding hydrogens is 411 g/mol. The average Bonchev–Trinajstić information content (AvgIpc) is 3.17. The summed E-state index contributed by atoms with van der Waals surface area (Å²) in [6, 6.07) is 9.51. The Balaban J connectivity index is 1.89. The van der Waals surface area contributed by atoms with Gasteiger partial charge in [0.1, 0.15) is 11.6 Å². The molecule has 2 heterocycles. The van der Waals surface area contributed by atoms with Crippen molar-refractivity contribution < 1.29 is 19.1 Å². The van der Waals surface area contributed by atoms with Crippen molar-refractivity contribution >= 4 is 28.5 Å². The molecule has 3 aromatic rings. The summed E-state index contributed by atoms with van der Waals surface area (Å²) < 4.78 is 16.4. The van der Waals surface area contributed by atoms with E-state index in [1.165, 1.54) is 13.0 Å². The van der Waals surface area contributed by atoms with Crippen molar-refractivity contribution in [3.63, 3.8) is 0 Å². The minimum absolute atomic E-state index is 0.0889. The summed E-state index contributed by atoms with van der Waals surface area (Å²) in [6.07, 6.45) is 2.61. The quantitative estimate of drug-likeness (QED) is 0.634. The highest BCUT2D eigenvalue weighted by atomic mass is 19.1. The first-order chi connectivity index (χ1) is 15.4. The van der Waals surface area contributed by atoms with Crippen LogP contribution in [0.1, 0.15) is 43.5 Å². The van der Waals surface area contributed by atoms with Crippen molar-refractivity contribution in [2.75, 3.05) is 18.5 Å². The van der Waals surface area contributed by atoms with Gasteiger partial charge in [-0.1, -0.05) is 12.1 Å². The molecule has 4 rings (SSSR count). The number of piperidine rings is 1. The molecule has 0 unspecified atom stereocenters. The first kappa shape index (κ1) is 22.0. The Morgan fingerprint density at radius 2 is 2.03 bits per heavy atom. The number of aliphatic hydroxyl groups is 1. The van der Waals surface area contributed by atoms with Gasteiger partial charge in [0, 0.05) is 25.6 Å². The third kappa shape index (κ3) is 3.98. The molecule has 8 heteroatoms. The molecule has 1 atom stereocenters. The highest BCUT2D eigenvalue weighted by Gasteiger charge is 2.28. The zero-order valence-electron chi connectivity index (χ0n) is 18.3. The van der Waals surface area contributed by atoms with Crippen LogP contribution < -0.4 is 5.32 Å². The number of hydrogen-bond acceptors (Lipinski definition) is 4. The smallest absolute Gasteiger partial charge is 0.254 e. The van der Waals surface area contributed by atoms with Gasteiger partial charge in [-0.25, -0.2) is 9.37 Å². The second-order valence-electron chi connectivity index (χ2n) is 8.06. The lowest BCUT2D eigenvalue weighted by atomic mass is 10.0. The molecule has 1 aliphatic rings. The van der Waals surface area contributed by atoms with Crippen LogP contribution in [0.25, 0.3) is 22.4 Å². The molecule has 1 fully saturated rings. The number of anilines is 1. The zero-order chi connectivity index (χ0) is 22.8. The molecule has 0 saturated carbocycles. The Morgan fingerprint density at radius 3 is 2.72 bits per heavy atom. The number of imidazole rings is 1. The maximum Gasteiger partial charge on any atom is 0.254 e. The molecule has 32 heavy (non-hydrogen) atoms. The van der Waals surface area contributed by atoms with E-state index in [9.17, 15) is 19.1 Å². The van der Waals surface area contributed by atoms with E-state index in [-0.39, 0.29) is 24.5 Å². The fourth-order valence-corrected chi connectivity index (χ4v) is 4.46. The average molecular weight is 439 g/mol. The van der Waals surface area contributed by atoms with Crippen LogP contribution in [-0.2, 0) is 11.3 Å². The van der Waals surface area contributed by atoms with Gasteiger partial charge < -0.3 is 19.9 Å². The van der Waals surface area contributed by atoms with Crippen LogP contribution in [-0.4, -0.2) is 50.6 Å². The van der Waals surface area contributed by atoms with Crippen LogP contribution in [0.4, 0.5) is 10.1 Å². The number of amides is 2. The van der Waals surface area contributed by atoms with E-state index < -0.39 is 5.82 Å². The molecule has 0 bridgehead atoms. The summed E-state index contributed by atoms with van der Waals surface area (Å²) in [5.41, 5.74) is 2.31. The maximum absolute atomic E-state index is 14.6. The van der Waals surface area contributed by atoms with Gasteiger partial charge >= 0.3 is 0 Å². The molecule has 7 nitrogen and oxygen atoms in total. The number of fused-ring (bicyclic) bond motifs is 1. The molecule has 1 aromatic heterocycles.